The van der Waals surface area contributed by atoms with Crippen LogP contribution in [0.15, 0.2) is 12.3 Å². The molecule has 3 heteroatoms. The Labute approximate surface area is 60.9 Å². The highest BCUT2D eigenvalue weighted by Crippen LogP contribution is 1.95. The molecule has 10 heavy (non-hydrogen) atoms. The molecule has 1 aliphatic rings. The second-order valence-electron chi connectivity index (χ2n) is 2.30. The molecule has 0 aromatic rings. The summed E-state index contributed by atoms with van der Waals surface area (Å²) in [6.45, 7) is 4.42. The van der Waals surface area contributed by atoms with Crippen molar-refractivity contribution in [3.63, 3.8) is 0 Å². The molecule has 58 valence electrons. The zero-order valence-electron chi connectivity index (χ0n) is 5.99. The number of nitrogens with zero attached hydrogens (tertiary/aromatic N) is 1. The third kappa shape index (κ3) is 2.37. The van der Waals surface area contributed by atoms with E-state index in [-0.39, 0.29) is 0 Å². The minimum absolute atomic E-state index is 0.819. The first-order valence-corrected chi connectivity index (χ1v) is 3.53. The lowest BCUT2D eigenvalue weighted by molar-refractivity contribution is 0.0432. The molecule has 0 spiro atoms. The van der Waals surface area contributed by atoms with Gasteiger partial charge in [-0.1, -0.05) is 0 Å². The minimum atomic E-state index is 0.819. The van der Waals surface area contributed by atoms with E-state index in [1.165, 1.54) is 0 Å². The molecule has 1 aliphatic heterocycles. The predicted octanol–water partition coefficient (Wildman–Crippen LogP) is 0.390. The Morgan fingerprint density at radius 3 is 2.70 bits per heavy atom. The number of hydrogen-bond acceptors (Lipinski definition) is 3. The van der Waals surface area contributed by atoms with Gasteiger partial charge >= 0.3 is 0 Å². The third-order valence-corrected chi connectivity index (χ3v) is 1.57. The van der Waals surface area contributed by atoms with Crippen molar-refractivity contribution in [3.8, 4) is 0 Å². The highest BCUT2D eigenvalue weighted by atomic mass is 16.5. The topological polar surface area (TPSA) is 32.7 Å². The van der Waals surface area contributed by atoms with Crippen molar-refractivity contribution in [2.75, 3.05) is 32.8 Å². The van der Waals surface area contributed by atoms with E-state index in [1.54, 1.807) is 6.08 Å². The molecule has 3 nitrogen and oxygen atoms in total. The largest absolute Gasteiger partial charge is 0.516 e. The van der Waals surface area contributed by atoms with E-state index < -0.39 is 0 Å². The van der Waals surface area contributed by atoms with Crippen LogP contribution in [0.5, 0.6) is 0 Å². The van der Waals surface area contributed by atoms with Crippen LogP contribution in [0.25, 0.3) is 0 Å². The summed E-state index contributed by atoms with van der Waals surface area (Å²) < 4.78 is 5.15. The molecule has 0 radical (unpaired) electrons. The number of hydrogen-bond donors (Lipinski definition) is 1. The normalized spacial score (nSPS) is 22.0. The van der Waals surface area contributed by atoms with E-state index in [0.29, 0.717) is 0 Å². The van der Waals surface area contributed by atoms with Crippen LogP contribution in [0.3, 0.4) is 0 Å². The third-order valence-electron chi connectivity index (χ3n) is 1.57. The summed E-state index contributed by atoms with van der Waals surface area (Å²) in [4.78, 5) is 2.23. The fourth-order valence-corrected chi connectivity index (χ4v) is 0.980. The Bertz CT molecular complexity index is 108. The van der Waals surface area contributed by atoms with Crippen molar-refractivity contribution in [1.82, 2.24) is 4.90 Å². The maximum absolute atomic E-state index is 8.36. The Morgan fingerprint density at radius 1 is 1.40 bits per heavy atom. The number of aliphatic hydroxyl groups excluding tert-OH is 1. The molecule has 0 aromatic carbocycles. The van der Waals surface area contributed by atoms with Gasteiger partial charge in [0, 0.05) is 19.6 Å². The zero-order chi connectivity index (χ0) is 7.23. The molecule has 0 bridgehead atoms. The van der Waals surface area contributed by atoms with Crippen LogP contribution in [0.4, 0.5) is 0 Å². The maximum atomic E-state index is 8.36. The van der Waals surface area contributed by atoms with Crippen LogP contribution < -0.4 is 0 Å². The maximum Gasteiger partial charge on any atom is 0.0764 e. The number of aliphatic hydroxyl groups is 1. The van der Waals surface area contributed by atoms with Gasteiger partial charge in [0.2, 0.25) is 0 Å². The molecule has 0 unspecified atom stereocenters. The van der Waals surface area contributed by atoms with Crippen LogP contribution in [0.2, 0.25) is 0 Å². The molecule has 1 saturated heterocycles. The van der Waals surface area contributed by atoms with Gasteiger partial charge < -0.3 is 9.84 Å². The molecule has 1 rings (SSSR count). The lowest BCUT2D eigenvalue weighted by Gasteiger charge is -2.24. The fourth-order valence-electron chi connectivity index (χ4n) is 0.980. The summed E-state index contributed by atoms with van der Waals surface area (Å²) in [5.41, 5.74) is 0. The summed E-state index contributed by atoms with van der Waals surface area (Å²) in [6.07, 6.45) is 2.83. The summed E-state index contributed by atoms with van der Waals surface area (Å²) in [5.74, 6) is 0. The minimum Gasteiger partial charge on any atom is -0.516 e. The van der Waals surface area contributed by atoms with Gasteiger partial charge in [-0.2, -0.15) is 0 Å². The average molecular weight is 143 g/mol. The van der Waals surface area contributed by atoms with E-state index in [0.717, 1.165) is 39.1 Å². The van der Waals surface area contributed by atoms with Crippen molar-refractivity contribution < 1.29 is 9.84 Å². The Morgan fingerprint density at radius 2 is 2.10 bits per heavy atom. The molecular weight excluding hydrogens is 130 g/mol. The standard InChI is InChI=1S/C7H13NO2/c9-5-1-2-8-3-6-10-7-4-8/h1,5,9H,2-4,6-7H2. The number of rotatable bonds is 2. The van der Waals surface area contributed by atoms with Gasteiger partial charge in [-0.3, -0.25) is 4.90 Å². The highest BCUT2D eigenvalue weighted by Gasteiger charge is 2.07. The fraction of sp³-hybridized carbons (Fsp3) is 0.714. The van der Waals surface area contributed by atoms with Gasteiger partial charge in [0.05, 0.1) is 19.5 Å². The molecule has 1 heterocycles. The predicted molar refractivity (Wildman–Crippen MR) is 39.0 cm³/mol. The van der Waals surface area contributed by atoms with Crippen LogP contribution in [-0.4, -0.2) is 42.9 Å². The number of ether oxygens (including phenoxy) is 1. The zero-order valence-corrected chi connectivity index (χ0v) is 5.99. The molecule has 0 amide bonds. The first-order chi connectivity index (χ1) is 4.93. The van der Waals surface area contributed by atoms with Crippen LogP contribution in [-0.2, 0) is 4.74 Å². The van der Waals surface area contributed by atoms with Gasteiger partial charge in [0.15, 0.2) is 0 Å². The smallest absolute Gasteiger partial charge is 0.0764 e. The van der Waals surface area contributed by atoms with Crippen LogP contribution in [0, 0.1) is 0 Å². The van der Waals surface area contributed by atoms with Gasteiger partial charge in [-0.05, 0) is 6.08 Å². The second-order valence-corrected chi connectivity index (χ2v) is 2.30. The Balaban J connectivity index is 2.13. The molecule has 0 aliphatic carbocycles. The average Bonchev–Trinajstić information content (AvgIpc) is 2.03. The first kappa shape index (κ1) is 7.57. The number of morpholine rings is 1. The second kappa shape index (κ2) is 4.30. The van der Waals surface area contributed by atoms with Crippen molar-refractivity contribution >= 4 is 0 Å². The van der Waals surface area contributed by atoms with Crippen LogP contribution >= 0.6 is 0 Å². The Hall–Kier alpha value is -0.540. The lowest BCUT2D eigenvalue weighted by atomic mass is 10.4. The van der Waals surface area contributed by atoms with E-state index in [9.17, 15) is 0 Å². The van der Waals surface area contributed by atoms with Crippen molar-refractivity contribution in [3.05, 3.63) is 12.3 Å². The quantitative estimate of drug-likeness (QED) is 0.567. The molecule has 1 fully saturated rings. The van der Waals surface area contributed by atoms with E-state index in [4.69, 9.17) is 9.84 Å². The van der Waals surface area contributed by atoms with Gasteiger partial charge in [-0.15, -0.1) is 0 Å². The van der Waals surface area contributed by atoms with Crippen molar-refractivity contribution in [2.24, 2.45) is 0 Å². The van der Waals surface area contributed by atoms with E-state index >= 15 is 0 Å². The summed E-state index contributed by atoms with van der Waals surface area (Å²) in [6, 6.07) is 0. The van der Waals surface area contributed by atoms with Crippen molar-refractivity contribution in [1.29, 1.82) is 0 Å². The lowest BCUT2D eigenvalue weighted by Crippen LogP contribution is -2.36. The summed E-state index contributed by atoms with van der Waals surface area (Å²) in [5, 5.41) is 8.36. The van der Waals surface area contributed by atoms with Gasteiger partial charge in [0.25, 0.3) is 0 Å². The van der Waals surface area contributed by atoms with Gasteiger partial charge in [-0.25, -0.2) is 0 Å². The molecular formula is C7H13NO2. The Kier molecular flexibility index (Phi) is 3.26. The first-order valence-electron chi connectivity index (χ1n) is 3.53. The molecule has 1 N–H and O–H groups in total. The molecule has 0 atom stereocenters. The SMILES string of the molecule is OC=CCN1CCOCC1. The highest BCUT2D eigenvalue weighted by molar-refractivity contribution is 4.77. The van der Waals surface area contributed by atoms with Crippen molar-refractivity contribution in [2.45, 2.75) is 0 Å². The molecule has 0 aromatic heterocycles. The monoisotopic (exact) mass is 143 g/mol. The summed E-state index contributed by atoms with van der Waals surface area (Å²) in [7, 11) is 0. The van der Waals surface area contributed by atoms with E-state index in [1.807, 2.05) is 0 Å². The van der Waals surface area contributed by atoms with Crippen LogP contribution in [0.1, 0.15) is 0 Å². The summed E-state index contributed by atoms with van der Waals surface area (Å²) >= 11 is 0. The molecule has 0 saturated carbocycles. The van der Waals surface area contributed by atoms with Gasteiger partial charge in [0.1, 0.15) is 0 Å². The van der Waals surface area contributed by atoms with E-state index in [2.05, 4.69) is 4.90 Å².